The minimum absolute atomic E-state index is 0.0390. The number of Topliss-reactive ketones (excluding diaryl/α,β-unsaturated/α-hetero) is 1. The molecule has 1 aliphatic rings. The van der Waals surface area contributed by atoms with E-state index in [1.54, 1.807) is 24.3 Å². The van der Waals surface area contributed by atoms with Crippen LogP contribution in [0.1, 0.15) is 66.3 Å². The van der Waals surface area contributed by atoms with Crippen molar-refractivity contribution in [3.05, 3.63) is 46.8 Å². The van der Waals surface area contributed by atoms with Crippen molar-refractivity contribution in [3.8, 4) is 0 Å². The molecule has 0 bridgehead atoms. The predicted molar refractivity (Wildman–Crippen MR) is 95.9 cm³/mol. The molecule has 1 amide bonds. The molecule has 0 aliphatic heterocycles. The van der Waals surface area contributed by atoms with E-state index in [1.165, 1.54) is 6.92 Å². The molecule has 25 heavy (non-hydrogen) atoms. The van der Waals surface area contributed by atoms with Crippen molar-refractivity contribution in [2.75, 3.05) is 5.32 Å². The highest BCUT2D eigenvalue weighted by Crippen LogP contribution is 2.38. The molecule has 3 rings (SSSR count). The van der Waals surface area contributed by atoms with E-state index < -0.39 is 0 Å². The van der Waals surface area contributed by atoms with Gasteiger partial charge in [-0.05, 0) is 43.2 Å². The van der Waals surface area contributed by atoms with Crippen molar-refractivity contribution in [3.63, 3.8) is 0 Å². The number of aryl methyl sites for hydroxylation is 1. The summed E-state index contributed by atoms with van der Waals surface area (Å²) >= 11 is 0. The summed E-state index contributed by atoms with van der Waals surface area (Å²) in [6, 6.07) is 6.91. The van der Waals surface area contributed by atoms with Gasteiger partial charge >= 0.3 is 0 Å². The van der Waals surface area contributed by atoms with Crippen LogP contribution in [0.2, 0.25) is 0 Å². The van der Waals surface area contributed by atoms with E-state index in [4.69, 9.17) is 4.52 Å². The minimum atomic E-state index is -0.291. The Labute approximate surface area is 147 Å². The highest BCUT2D eigenvalue weighted by molar-refractivity contribution is 6.04. The number of amides is 1. The summed E-state index contributed by atoms with van der Waals surface area (Å²) in [5.74, 6) is 0.985. The number of hydrogen-bond donors (Lipinski definition) is 1. The molecule has 0 radical (unpaired) electrons. The second-order valence-electron chi connectivity index (χ2n) is 7.83. The molecular formula is C20H24N2O3. The molecule has 1 aromatic heterocycles. The number of nitrogens with one attached hydrogen (secondary N) is 1. The number of aromatic nitrogens is 1. The molecule has 1 heterocycles. The molecule has 2 aromatic rings. The van der Waals surface area contributed by atoms with Crippen molar-refractivity contribution >= 4 is 17.4 Å². The molecule has 5 heteroatoms. The van der Waals surface area contributed by atoms with Crippen LogP contribution in [-0.2, 0) is 12.8 Å². The summed E-state index contributed by atoms with van der Waals surface area (Å²) in [7, 11) is 0. The van der Waals surface area contributed by atoms with E-state index in [2.05, 4.69) is 31.2 Å². The third kappa shape index (κ3) is 3.65. The summed E-state index contributed by atoms with van der Waals surface area (Å²) in [5.41, 5.74) is 2.60. The molecule has 1 aromatic carbocycles. The predicted octanol–water partition coefficient (Wildman–Crippen LogP) is 4.28. The Bertz CT molecular complexity index is 815. The van der Waals surface area contributed by atoms with Crippen LogP contribution in [0.5, 0.6) is 0 Å². The molecule has 132 valence electrons. The van der Waals surface area contributed by atoms with E-state index in [0.29, 0.717) is 22.9 Å². The van der Waals surface area contributed by atoms with Crippen molar-refractivity contribution in [2.24, 2.45) is 11.3 Å². The van der Waals surface area contributed by atoms with E-state index >= 15 is 0 Å². The Hall–Kier alpha value is -2.43. The number of carbonyl (C=O) groups excluding carboxylic acids is 2. The first-order valence-electron chi connectivity index (χ1n) is 8.65. The second-order valence-corrected chi connectivity index (χ2v) is 7.83. The zero-order chi connectivity index (χ0) is 18.2. The molecule has 0 saturated heterocycles. The summed E-state index contributed by atoms with van der Waals surface area (Å²) in [5, 5.41) is 6.84. The van der Waals surface area contributed by atoms with Gasteiger partial charge in [0.25, 0.3) is 5.91 Å². The lowest BCUT2D eigenvalue weighted by atomic mass is 9.71. The molecule has 0 spiro atoms. The normalized spacial score (nSPS) is 17.0. The summed E-state index contributed by atoms with van der Waals surface area (Å²) in [6.45, 7) is 8.18. The number of hydrogen-bond acceptors (Lipinski definition) is 4. The van der Waals surface area contributed by atoms with Gasteiger partial charge in [0.15, 0.2) is 11.5 Å². The molecular weight excluding hydrogens is 316 g/mol. The molecule has 1 aliphatic carbocycles. The zero-order valence-corrected chi connectivity index (χ0v) is 15.2. The van der Waals surface area contributed by atoms with Gasteiger partial charge in [-0.3, -0.25) is 9.59 Å². The van der Waals surface area contributed by atoms with Gasteiger partial charge in [-0.15, -0.1) is 0 Å². The van der Waals surface area contributed by atoms with Crippen LogP contribution in [0.4, 0.5) is 5.69 Å². The van der Waals surface area contributed by atoms with Crippen LogP contribution in [0.25, 0.3) is 0 Å². The molecule has 0 unspecified atom stereocenters. The SMILES string of the molecule is CC(=O)c1cccc(NC(=O)c2noc3c2C[C@@H](C(C)(C)C)CC3)c1. The van der Waals surface area contributed by atoms with Gasteiger partial charge in [-0.2, -0.15) is 0 Å². The Kier molecular flexibility index (Phi) is 4.50. The van der Waals surface area contributed by atoms with Crippen molar-refractivity contribution in [2.45, 2.75) is 47.0 Å². The topological polar surface area (TPSA) is 72.2 Å². The van der Waals surface area contributed by atoms with Gasteiger partial charge < -0.3 is 9.84 Å². The third-order valence-electron chi connectivity index (χ3n) is 5.01. The number of benzene rings is 1. The quantitative estimate of drug-likeness (QED) is 0.847. The second kappa shape index (κ2) is 6.47. The maximum absolute atomic E-state index is 12.7. The molecule has 0 fully saturated rings. The van der Waals surface area contributed by atoms with E-state index in [1.807, 2.05) is 0 Å². The van der Waals surface area contributed by atoms with Gasteiger partial charge in [0.2, 0.25) is 0 Å². The van der Waals surface area contributed by atoms with Crippen LogP contribution >= 0.6 is 0 Å². The van der Waals surface area contributed by atoms with Gasteiger partial charge in [0, 0.05) is 23.2 Å². The summed E-state index contributed by atoms with van der Waals surface area (Å²) in [4.78, 5) is 24.2. The maximum Gasteiger partial charge on any atom is 0.278 e. The fraction of sp³-hybridized carbons (Fsp3) is 0.450. The van der Waals surface area contributed by atoms with Gasteiger partial charge in [-0.1, -0.05) is 38.1 Å². The highest BCUT2D eigenvalue weighted by atomic mass is 16.5. The van der Waals surface area contributed by atoms with Crippen LogP contribution in [0.3, 0.4) is 0 Å². The van der Waals surface area contributed by atoms with Gasteiger partial charge in [0.1, 0.15) is 5.76 Å². The first-order valence-corrected chi connectivity index (χ1v) is 8.65. The van der Waals surface area contributed by atoms with Gasteiger partial charge in [0.05, 0.1) is 0 Å². The van der Waals surface area contributed by atoms with Crippen molar-refractivity contribution < 1.29 is 14.1 Å². The number of rotatable bonds is 3. The van der Waals surface area contributed by atoms with E-state index in [-0.39, 0.29) is 17.1 Å². The number of fused-ring (bicyclic) bond motifs is 1. The number of carbonyl (C=O) groups is 2. The Balaban J connectivity index is 1.82. The van der Waals surface area contributed by atoms with Crippen molar-refractivity contribution in [1.29, 1.82) is 0 Å². The lowest BCUT2D eigenvalue weighted by Crippen LogP contribution is -2.27. The largest absolute Gasteiger partial charge is 0.360 e. The summed E-state index contributed by atoms with van der Waals surface area (Å²) < 4.78 is 5.40. The molecule has 1 N–H and O–H groups in total. The smallest absolute Gasteiger partial charge is 0.278 e. The van der Waals surface area contributed by atoms with Gasteiger partial charge in [-0.25, -0.2) is 0 Å². The van der Waals surface area contributed by atoms with E-state index in [9.17, 15) is 9.59 Å². The minimum Gasteiger partial charge on any atom is -0.360 e. The Morgan fingerprint density at radius 1 is 1.28 bits per heavy atom. The monoisotopic (exact) mass is 340 g/mol. The zero-order valence-electron chi connectivity index (χ0n) is 15.2. The number of nitrogens with zero attached hydrogens (tertiary/aromatic N) is 1. The van der Waals surface area contributed by atoms with Crippen LogP contribution in [0.15, 0.2) is 28.8 Å². The van der Waals surface area contributed by atoms with Crippen LogP contribution in [-0.4, -0.2) is 16.8 Å². The summed E-state index contributed by atoms with van der Waals surface area (Å²) in [6.07, 6.45) is 2.67. The third-order valence-corrected chi connectivity index (χ3v) is 5.01. The number of anilines is 1. The molecule has 5 nitrogen and oxygen atoms in total. The standard InChI is InChI=1S/C20H24N2O3/c1-12(23)13-6-5-7-15(10-13)21-19(24)18-16-11-14(20(2,3)4)8-9-17(16)25-22-18/h5-7,10,14H,8-9,11H2,1-4H3,(H,21,24)/t14-/m0/s1. The van der Waals surface area contributed by atoms with Crippen molar-refractivity contribution in [1.82, 2.24) is 5.16 Å². The Morgan fingerprint density at radius 2 is 2.04 bits per heavy atom. The Morgan fingerprint density at radius 3 is 2.72 bits per heavy atom. The van der Waals surface area contributed by atoms with Crippen LogP contribution in [0, 0.1) is 11.3 Å². The average molecular weight is 340 g/mol. The van der Waals surface area contributed by atoms with Crippen LogP contribution < -0.4 is 5.32 Å². The van der Waals surface area contributed by atoms with E-state index in [0.717, 1.165) is 30.6 Å². The first-order chi connectivity index (χ1) is 11.8. The lowest BCUT2D eigenvalue weighted by Gasteiger charge is -2.33. The maximum atomic E-state index is 12.7. The molecule has 0 saturated carbocycles. The highest BCUT2D eigenvalue weighted by Gasteiger charge is 2.34. The first kappa shape index (κ1) is 17.4. The lowest BCUT2D eigenvalue weighted by molar-refractivity contribution is 0.100. The average Bonchev–Trinajstić information content (AvgIpc) is 2.97. The fourth-order valence-electron chi connectivity index (χ4n) is 3.33. The number of ketones is 1. The fourth-order valence-corrected chi connectivity index (χ4v) is 3.33. The molecule has 1 atom stereocenters.